The predicted molar refractivity (Wildman–Crippen MR) is 103 cm³/mol. The Morgan fingerprint density at radius 2 is 1.54 bits per heavy atom. The molecule has 156 valence electrons. The van der Waals surface area contributed by atoms with Gasteiger partial charge >= 0.3 is 0 Å². The monoisotopic (exact) mass is 395 g/mol. The fraction of sp³-hybridized carbons (Fsp3) is 0.667. The van der Waals surface area contributed by atoms with Gasteiger partial charge in [0.05, 0.1) is 52.9 Å². The van der Waals surface area contributed by atoms with Crippen LogP contribution >= 0.6 is 0 Å². The van der Waals surface area contributed by atoms with E-state index in [4.69, 9.17) is 24.5 Å². The highest BCUT2D eigenvalue weighted by Gasteiger charge is 2.01. The third-order valence-electron chi connectivity index (χ3n) is 3.47. The van der Waals surface area contributed by atoms with E-state index in [1.54, 1.807) is 12.4 Å². The standard InChI is InChI=1S/C18H29N5O5/c19-23-22-8-10-26-12-14-28-16-15-27-13-11-25-9-7-21-18(24)2-1-17-3-5-20-6-4-17/h3-6H,1-2,7-16H2,(H,21,24). The van der Waals surface area contributed by atoms with Crippen LogP contribution in [0, 0.1) is 0 Å². The number of nitrogens with zero attached hydrogens (tertiary/aromatic N) is 4. The van der Waals surface area contributed by atoms with Crippen LogP contribution in [0.3, 0.4) is 0 Å². The molecule has 1 heterocycles. The van der Waals surface area contributed by atoms with Crippen molar-refractivity contribution in [3.8, 4) is 0 Å². The molecule has 10 heteroatoms. The van der Waals surface area contributed by atoms with Gasteiger partial charge in [0, 0.05) is 36.8 Å². The molecule has 28 heavy (non-hydrogen) atoms. The number of nitrogens with one attached hydrogen (secondary N) is 1. The van der Waals surface area contributed by atoms with Crippen molar-refractivity contribution in [2.24, 2.45) is 5.11 Å². The molecule has 0 radical (unpaired) electrons. The number of aryl methyl sites for hydroxylation is 1. The first-order valence-electron chi connectivity index (χ1n) is 9.30. The summed E-state index contributed by atoms with van der Waals surface area (Å²) in [5.41, 5.74) is 9.18. The number of hydrogen-bond acceptors (Lipinski definition) is 7. The van der Waals surface area contributed by atoms with E-state index in [1.165, 1.54) is 0 Å². The summed E-state index contributed by atoms with van der Waals surface area (Å²) in [7, 11) is 0. The number of azide groups is 1. The van der Waals surface area contributed by atoms with Crippen LogP contribution in [-0.2, 0) is 30.2 Å². The van der Waals surface area contributed by atoms with Crippen molar-refractivity contribution >= 4 is 5.91 Å². The molecule has 1 amide bonds. The molecule has 0 bridgehead atoms. The Balaban J connectivity index is 1.77. The Labute approximate surface area is 165 Å². The van der Waals surface area contributed by atoms with E-state index in [1.807, 2.05) is 12.1 Å². The predicted octanol–water partition coefficient (Wildman–Crippen LogP) is 1.51. The molecule has 1 aromatic rings. The van der Waals surface area contributed by atoms with Gasteiger partial charge in [-0.1, -0.05) is 5.11 Å². The minimum atomic E-state index is 0.00980. The van der Waals surface area contributed by atoms with Gasteiger partial charge < -0.3 is 24.3 Å². The van der Waals surface area contributed by atoms with Crippen molar-refractivity contribution in [1.82, 2.24) is 10.3 Å². The molecule has 0 aliphatic carbocycles. The number of amides is 1. The van der Waals surface area contributed by atoms with E-state index in [2.05, 4.69) is 20.3 Å². The molecule has 0 atom stereocenters. The lowest BCUT2D eigenvalue weighted by molar-refractivity contribution is -0.121. The molecule has 1 rings (SSSR count). The molecule has 0 saturated heterocycles. The zero-order valence-corrected chi connectivity index (χ0v) is 16.1. The minimum Gasteiger partial charge on any atom is -0.379 e. The van der Waals surface area contributed by atoms with E-state index in [-0.39, 0.29) is 5.91 Å². The van der Waals surface area contributed by atoms with Crippen LogP contribution in [0.1, 0.15) is 12.0 Å². The number of carbonyl (C=O) groups excluding carboxylic acids is 1. The van der Waals surface area contributed by atoms with Crippen LogP contribution < -0.4 is 5.32 Å². The zero-order chi connectivity index (χ0) is 20.1. The fourth-order valence-corrected chi connectivity index (χ4v) is 2.07. The maximum Gasteiger partial charge on any atom is 0.220 e. The van der Waals surface area contributed by atoms with Crippen molar-refractivity contribution < 1.29 is 23.7 Å². The van der Waals surface area contributed by atoms with Crippen LogP contribution in [0.4, 0.5) is 0 Å². The summed E-state index contributed by atoms with van der Waals surface area (Å²) in [5, 5.41) is 6.18. The molecule has 0 aromatic carbocycles. The van der Waals surface area contributed by atoms with Gasteiger partial charge in [-0.25, -0.2) is 0 Å². The van der Waals surface area contributed by atoms with Crippen molar-refractivity contribution in [2.45, 2.75) is 12.8 Å². The number of rotatable bonds is 18. The summed E-state index contributed by atoms with van der Waals surface area (Å²) < 4.78 is 21.3. The second-order valence-corrected chi connectivity index (χ2v) is 5.61. The molecule has 0 fully saturated rings. The molecule has 1 N–H and O–H groups in total. The quantitative estimate of drug-likeness (QED) is 0.174. The Kier molecular flexibility index (Phi) is 15.4. The van der Waals surface area contributed by atoms with Crippen LogP contribution in [-0.4, -0.2) is 76.8 Å². The number of pyridine rings is 1. The van der Waals surface area contributed by atoms with E-state index in [0.717, 1.165) is 5.56 Å². The summed E-state index contributed by atoms with van der Waals surface area (Å²) in [6, 6.07) is 3.81. The number of carbonyl (C=O) groups is 1. The van der Waals surface area contributed by atoms with E-state index >= 15 is 0 Å². The molecule has 1 aromatic heterocycles. The van der Waals surface area contributed by atoms with Gasteiger partial charge in [-0.15, -0.1) is 0 Å². The molecular formula is C18H29N5O5. The molecule has 0 aliphatic rings. The molecule has 10 nitrogen and oxygen atoms in total. The van der Waals surface area contributed by atoms with Crippen molar-refractivity contribution in [3.63, 3.8) is 0 Å². The Hall–Kier alpha value is -2.23. The normalized spacial score (nSPS) is 10.4. The average molecular weight is 395 g/mol. The van der Waals surface area contributed by atoms with Gasteiger partial charge in [0.1, 0.15) is 0 Å². The molecule has 0 spiro atoms. The van der Waals surface area contributed by atoms with Crippen molar-refractivity contribution in [3.05, 3.63) is 40.5 Å². The van der Waals surface area contributed by atoms with E-state index in [9.17, 15) is 4.79 Å². The summed E-state index contributed by atoms with van der Waals surface area (Å²) in [6.45, 7) is 4.49. The number of aromatic nitrogens is 1. The molecular weight excluding hydrogens is 366 g/mol. The highest BCUT2D eigenvalue weighted by atomic mass is 16.6. The minimum absolute atomic E-state index is 0.00980. The Morgan fingerprint density at radius 1 is 0.964 bits per heavy atom. The van der Waals surface area contributed by atoms with Gasteiger partial charge in [-0.05, 0) is 29.6 Å². The first-order chi connectivity index (χ1) is 13.8. The third kappa shape index (κ3) is 14.9. The lowest BCUT2D eigenvalue weighted by Gasteiger charge is -2.08. The third-order valence-corrected chi connectivity index (χ3v) is 3.47. The van der Waals surface area contributed by atoms with Gasteiger partial charge in [0.25, 0.3) is 0 Å². The smallest absolute Gasteiger partial charge is 0.220 e. The molecule has 0 aliphatic heterocycles. The van der Waals surface area contributed by atoms with E-state index < -0.39 is 0 Å². The second-order valence-electron chi connectivity index (χ2n) is 5.61. The maximum absolute atomic E-state index is 11.7. The largest absolute Gasteiger partial charge is 0.379 e. The first-order valence-corrected chi connectivity index (χ1v) is 9.30. The highest BCUT2D eigenvalue weighted by molar-refractivity contribution is 5.76. The maximum atomic E-state index is 11.7. The van der Waals surface area contributed by atoms with Crippen molar-refractivity contribution in [1.29, 1.82) is 0 Å². The lowest BCUT2D eigenvalue weighted by atomic mass is 10.1. The topological polar surface area (TPSA) is 128 Å². The van der Waals surface area contributed by atoms with Crippen LogP contribution in [0.2, 0.25) is 0 Å². The fourth-order valence-electron chi connectivity index (χ4n) is 2.07. The van der Waals surface area contributed by atoms with Crippen molar-refractivity contribution in [2.75, 3.05) is 65.9 Å². The lowest BCUT2D eigenvalue weighted by Crippen LogP contribution is -2.27. The van der Waals surface area contributed by atoms with Gasteiger partial charge in [-0.2, -0.15) is 0 Å². The van der Waals surface area contributed by atoms with Crippen LogP contribution in [0.25, 0.3) is 10.4 Å². The molecule has 0 saturated carbocycles. The van der Waals surface area contributed by atoms with Gasteiger partial charge in [0.15, 0.2) is 0 Å². The highest BCUT2D eigenvalue weighted by Crippen LogP contribution is 2.00. The van der Waals surface area contributed by atoms with Crippen LogP contribution in [0.15, 0.2) is 29.6 Å². The zero-order valence-electron chi connectivity index (χ0n) is 16.1. The number of ether oxygens (including phenoxy) is 4. The van der Waals surface area contributed by atoms with Gasteiger partial charge in [-0.3, -0.25) is 9.78 Å². The number of hydrogen-bond donors (Lipinski definition) is 1. The van der Waals surface area contributed by atoms with Crippen LogP contribution in [0.5, 0.6) is 0 Å². The summed E-state index contributed by atoms with van der Waals surface area (Å²) in [4.78, 5) is 18.3. The average Bonchev–Trinajstić information content (AvgIpc) is 2.72. The Morgan fingerprint density at radius 3 is 2.14 bits per heavy atom. The Bertz CT molecular complexity index is 555. The first kappa shape index (κ1) is 23.8. The second kappa shape index (κ2) is 18.1. The summed E-state index contributed by atoms with van der Waals surface area (Å²) in [6.07, 6.45) is 4.60. The summed E-state index contributed by atoms with van der Waals surface area (Å²) in [5.74, 6) is 0.00980. The summed E-state index contributed by atoms with van der Waals surface area (Å²) >= 11 is 0. The van der Waals surface area contributed by atoms with E-state index in [0.29, 0.717) is 78.8 Å². The SMILES string of the molecule is [N-]=[N+]=NCCOCCOCCOCCOCCNC(=O)CCc1ccncc1. The van der Waals surface area contributed by atoms with Gasteiger partial charge in [0.2, 0.25) is 5.91 Å². The molecule has 0 unspecified atom stereocenters.